The quantitative estimate of drug-likeness (QED) is 0.306. The minimum Gasteiger partial charge on any atom is -0.351 e. The Labute approximate surface area is 249 Å². The van der Waals surface area contributed by atoms with Crippen LogP contribution in [0.25, 0.3) is 0 Å². The number of sulfonamides is 2. The van der Waals surface area contributed by atoms with Gasteiger partial charge in [0, 0.05) is 31.6 Å². The molecule has 1 aliphatic rings. The van der Waals surface area contributed by atoms with Gasteiger partial charge in [0.05, 0.1) is 16.4 Å². The summed E-state index contributed by atoms with van der Waals surface area (Å²) >= 11 is 0. The highest BCUT2D eigenvalue weighted by Gasteiger charge is 2.33. The van der Waals surface area contributed by atoms with Gasteiger partial charge in [0.2, 0.25) is 26.0 Å². The van der Waals surface area contributed by atoms with Gasteiger partial charge in [-0.1, -0.05) is 61.2 Å². The molecule has 1 saturated heterocycles. The van der Waals surface area contributed by atoms with E-state index < -0.39 is 37.7 Å². The Hall–Kier alpha value is -3.52. The van der Waals surface area contributed by atoms with E-state index in [9.17, 15) is 34.8 Å². The molecule has 1 fully saturated rings. The normalized spacial score (nSPS) is 17.0. The van der Waals surface area contributed by atoms with Crippen LogP contribution in [0.3, 0.4) is 0 Å². The summed E-state index contributed by atoms with van der Waals surface area (Å²) in [5.41, 5.74) is 1.18. The molecule has 1 heterocycles. The molecule has 2 atom stereocenters. The predicted molar refractivity (Wildman–Crippen MR) is 157 cm³/mol. The van der Waals surface area contributed by atoms with Gasteiger partial charge in [-0.05, 0) is 59.7 Å². The summed E-state index contributed by atoms with van der Waals surface area (Å²) in [6, 6.07) is 19.9. The Kier molecular flexibility index (Phi) is 10.1. The second kappa shape index (κ2) is 13.4. The third-order valence-electron chi connectivity index (χ3n) is 7.31. The van der Waals surface area contributed by atoms with Crippen molar-refractivity contribution in [3.05, 3.63) is 113 Å². The molecule has 0 saturated carbocycles. The van der Waals surface area contributed by atoms with E-state index in [1.54, 1.807) is 12.1 Å². The maximum Gasteiger partial charge on any atom is 0.416 e. The van der Waals surface area contributed by atoms with Crippen molar-refractivity contribution in [2.24, 2.45) is 5.92 Å². The van der Waals surface area contributed by atoms with Crippen molar-refractivity contribution < 1.29 is 34.8 Å². The van der Waals surface area contributed by atoms with Crippen LogP contribution < -0.4 is 10.0 Å². The summed E-state index contributed by atoms with van der Waals surface area (Å²) in [7, 11) is -7.47. The Bertz CT molecular complexity index is 1630. The first kappa shape index (κ1) is 32.4. The van der Waals surface area contributed by atoms with Crippen LogP contribution in [-0.2, 0) is 44.0 Å². The molecule has 3 aromatic rings. The van der Waals surface area contributed by atoms with Crippen molar-refractivity contribution in [1.29, 1.82) is 0 Å². The van der Waals surface area contributed by atoms with Crippen LogP contribution in [0.2, 0.25) is 0 Å². The van der Waals surface area contributed by atoms with Crippen LogP contribution in [-0.4, -0.2) is 46.7 Å². The Morgan fingerprint density at radius 1 is 0.953 bits per heavy atom. The molecule has 43 heavy (non-hydrogen) atoms. The number of carbonyl (C=O) groups excluding carboxylic acids is 1. The van der Waals surface area contributed by atoms with Crippen molar-refractivity contribution in [2.45, 2.75) is 36.4 Å². The summed E-state index contributed by atoms with van der Waals surface area (Å²) in [6.07, 6.45) is -3.64. The fourth-order valence-electron chi connectivity index (χ4n) is 4.83. The van der Waals surface area contributed by atoms with Crippen LogP contribution >= 0.6 is 0 Å². The highest BCUT2D eigenvalue weighted by molar-refractivity contribution is 7.92. The van der Waals surface area contributed by atoms with E-state index >= 15 is 0 Å². The first-order valence-electron chi connectivity index (χ1n) is 13.5. The zero-order valence-electron chi connectivity index (χ0n) is 23.1. The molecule has 13 heteroatoms. The molecule has 8 nitrogen and oxygen atoms in total. The van der Waals surface area contributed by atoms with Crippen LogP contribution in [0.15, 0.2) is 95.7 Å². The Morgan fingerprint density at radius 2 is 1.60 bits per heavy atom. The number of benzene rings is 3. The van der Waals surface area contributed by atoms with Gasteiger partial charge < -0.3 is 5.32 Å². The Balaban J connectivity index is 1.47. The van der Waals surface area contributed by atoms with Crippen molar-refractivity contribution >= 4 is 26.0 Å². The predicted octanol–water partition coefficient (Wildman–Crippen LogP) is 4.42. The van der Waals surface area contributed by atoms with Gasteiger partial charge in [-0.25, -0.2) is 21.6 Å². The lowest BCUT2D eigenvalue weighted by atomic mass is 9.91. The van der Waals surface area contributed by atoms with Crippen molar-refractivity contribution in [3.8, 4) is 0 Å². The smallest absolute Gasteiger partial charge is 0.351 e. The molecular formula is C30H32F3N3O5S2. The van der Waals surface area contributed by atoms with Crippen LogP contribution in [0.1, 0.15) is 34.6 Å². The molecule has 1 aliphatic heterocycles. The van der Waals surface area contributed by atoms with E-state index in [2.05, 4.69) is 16.6 Å². The molecule has 0 aromatic heterocycles. The minimum absolute atomic E-state index is 0.0216. The molecule has 1 amide bonds. The number of carbonyl (C=O) groups is 1. The second-order valence-electron chi connectivity index (χ2n) is 10.3. The Morgan fingerprint density at radius 3 is 2.21 bits per heavy atom. The van der Waals surface area contributed by atoms with E-state index in [-0.39, 0.29) is 42.9 Å². The first-order valence-corrected chi connectivity index (χ1v) is 16.5. The summed E-state index contributed by atoms with van der Waals surface area (Å²) in [4.78, 5) is 13.4. The summed E-state index contributed by atoms with van der Waals surface area (Å²) in [5.74, 6) is -1.24. The highest BCUT2D eigenvalue weighted by Crippen LogP contribution is 2.30. The highest BCUT2D eigenvalue weighted by atomic mass is 32.2. The molecule has 0 spiro atoms. The van der Waals surface area contributed by atoms with Crippen molar-refractivity contribution in [2.75, 3.05) is 19.6 Å². The lowest BCUT2D eigenvalue weighted by Gasteiger charge is -2.20. The summed E-state index contributed by atoms with van der Waals surface area (Å²) < 4.78 is 92.3. The number of nitrogens with one attached hydrogen (secondary N) is 2. The largest absolute Gasteiger partial charge is 0.416 e. The average molecular weight is 636 g/mol. The van der Waals surface area contributed by atoms with E-state index in [1.165, 1.54) is 28.6 Å². The zero-order valence-corrected chi connectivity index (χ0v) is 24.8. The number of amides is 1. The fraction of sp³-hybridized carbons (Fsp3) is 0.300. The number of rotatable bonds is 12. The van der Waals surface area contributed by atoms with E-state index in [0.29, 0.717) is 24.0 Å². The molecule has 3 aromatic carbocycles. The lowest BCUT2D eigenvalue weighted by Crippen LogP contribution is -2.32. The molecule has 1 unspecified atom stereocenters. The molecule has 0 radical (unpaired) electrons. The summed E-state index contributed by atoms with van der Waals surface area (Å²) in [5, 5.41) is 3.60. The van der Waals surface area contributed by atoms with Gasteiger partial charge >= 0.3 is 6.18 Å². The number of nitrogens with zero attached hydrogens (tertiary/aromatic N) is 1. The molecular weight excluding hydrogens is 603 g/mol. The van der Waals surface area contributed by atoms with Crippen LogP contribution in [0.5, 0.6) is 0 Å². The second-order valence-corrected chi connectivity index (χ2v) is 14.0. The summed E-state index contributed by atoms with van der Waals surface area (Å²) in [6.45, 7) is 3.77. The average Bonchev–Trinajstić information content (AvgIpc) is 3.48. The van der Waals surface area contributed by atoms with Crippen LogP contribution in [0.4, 0.5) is 13.2 Å². The minimum atomic E-state index is -4.45. The SMILES string of the molecule is C=CS(=O)(=O)NC[C@H]1CCN(S(=O)(=O)c2ccc(C(Cc3ccccc3)C(=O)NCc3ccc(C(F)(F)F)cc3)cc2)C1. The fourth-order valence-corrected chi connectivity index (χ4v) is 6.95. The number of hydrogen-bond donors (Lipinski definition) is 2. The zero-order chi connectivity index (χ0) is 31.3. The van der Waals surface area contributed by atoms with Gasteiger partial charge in [0.25, 0.3) is 0 Å². The standard InChI is InChI=1S/C30H32F3N3O5S2/c1-2-42(38,39)35-20-24-16-17-36(21-24)43(40,41)27-14-10-25(11-15-27)28(18-22-6-4-3-5-7-22)29(37)34-19-23-8-12-26(13-9-23)30(31,32)33/h2-15,24,28,35H,1,16-21H2,(H,34,37)/t24-,28?/m1/s1. The molecule has 2 N–H and O–H groups in total. The van der Waals surface area contributed by atoms with Crippen molar-refractivity contribution in [1.82, 2.24) is 14.3 Å². The molecule has 0 bridgehead atoms. The van der Waals surface area contributed by atoms with Crippen LogP contribution in [0, 0.1) is 5.92 Å². The molecule has 0 aliphatic carbocycles. The number of halogens is 3. The van der Waals surface area contributed by atoms with E-state index in [0.717, 1.165) is 23.1 Å². The lowest BCUT2D eigenvalue weighted by molar-refractivity contribution is -0.137. The topological polar surface area (TPSA) is 113 Å². The van der Waals surface area contributed by atoms with Gasteiger partial charge in [-0.2, -0.15) is 17.5 Å². The third-order valence-corrected chi connectivity index (χ3v) is 10.2. The van der Waals surface area contributed by atoms with Gasteiger partial charge in [0.1, 0.15) is 0 Å². The van der Waals surface area contributed by atoms with Gasteiger partial charge in [-0.3, -0.25) is 4.79 Å². The maximum atomic E-state index is 13.4. The number of hydrogen-bond acceptors (Lipinski definition) is 5. The van der Waals surface area contributed by atoms with Gasteiger partial charge in [0.15, 0.2) is 0 Å². The van der Waals surface area contributed by atoms with Gasteiger partial charge in [-0.15, -0.1) is 0 Å². The first-order chi connectivity index (χ1) is 20.3. The number of alkyl halides is 3. The molecule has 230 valence electrons. The molecule has 4 rings (SSSR count). The maximum absolute atomic E-state index is 13.4. The van der Waals surface area contributed by atoms with E-state index in [1.807, 2.05) is 30.3 Å². The van der Waals surface area contributed by atoms with E-state index in [4.69, 9.17) is 0 Å². The third kappa shape index (κ3) is 8.53. The van der Waals surface area contributed by atoms with Crippen molar-refractivity contribution in [3.63, 3.8) is 0 Å². The monoisotopic (exact) mass is 635 g/mol.